The monoisotopic (exact) mass is 457 g/mol. The number of sulfonamides is 1. The Balaban J connectivity index is 1.36. The first kappa shape index (κ1) is 21.5. The fourth-order valence-electron chi connectivity index (χ4n) is 3.49. The quantitative estimate of drug-likeness (QED) is 0.561. The van der Waals surface area contributed by atoms with Gasteiger partial charge in [0.25, 0.3) is 10.0 Å². The van der Waals surface area contributed by atoms with Gasteiger partial charge in [-0.3, -0.25) is 4.79 Å². The molecule has 0 saturated carbocycles. The minimum Gasteiger partial charge on any atom is -0.473 e. The van der Waals surface area contributed by atoms with Crippen LogP contribution in [0.5, 0.6) is 5.88 Å². The summed E-state index contributed by atoms with van der Waals surface area (Å²) in [6.07, 6.45) is 2.80. The molecule has 4 rings (SSSR count). The number of rotatable bonds is 8. The van der Waals surface area contributed by atoms with E-state index in [9.17, 15) is 13.2 Å². The van der Waals surface area contributed by atoms with Crippen LogP contribution in [-0.4, -0.2) is 36.2 Å². The summed E-state index contributed by atoms with van der Waals surface area (Å²) in [6, 6.07) is 15.9. The predicted octanol–water partition coefficient (Wildman–Crippen LogP) is 3.19. The van der Waals surface area contributed by atoms with Crippen molar-refractivity contribution < 1.29 is 17.9 Å². The van der Waals surface area contributed by atoms with Gasteiger partial charge in [0.15, 0.2) is 0 Å². The Hall–Kier alpha value is -2.75. The molecule has 9 heteroatoms. The maximum Gasteiger partial charge on any atom is 0.253 e. The number of nitrogens with zero attached hydrogens (tertiary/aromatic N) is 2. The van der Waals surface area contributed by atoms with Gasteiger partial charge < -0.3 is 10.1 Å². The third-order valence-corrected chi connectivity index (χ3v) is 8.34. The Morgan fingerprint density at radius 1 is 1.16 bits per heavy atom. The van der Waals surface area contributed by atoms with Crippen LogP contribution in [-0.2, 0) is 28.0 Å². The van der Waals surface area contributed by atoms with Gasteiger partial charge in [-0.2, -0.15) is 4.31 Å². The van der Waals surface area contributed by atoms with Crippen molar-refractivity contribution in [3.63, 3.8) is 0 Å². The van der Waals surface area contributed by atoms with Crippen molar-refractivity contribution in [3.8, 4) is 5.88 Å². The average molecular weight is 458 g/mol. The summed E-state index contributed by atoms with van der Waals surface area (Å²) in [5.41, 5.74) is 1.87. The fraction of sp³-hybridized carbons (Fsp3) is 0.273. The summed E-state index contributed by atoms with van der Waals surface area (Å²) in [5, 5.41) is 4.59. The molecule has 0 spiro atoms. The number of thiophene rings is 1. The number of nitrogens with one attached hydrogen (secondary N) is 1. The van der Waals surface area contributed by atoms with Crippen molar-refractivity contribution in [1.29, 1.82) is 0 Å². The normalized spacial score (nSPS) is 16.8. The first-order valence-electron chi connectivity index (χ1n) is 9.99. The van der Waals surface area contributed by atoms with Crippen LogP contribution in [0.15, 0.2) is 70.4 Å². The Morgan fingerprint density at radius 3 is 2.77 bits per heavy atom. The molecule has 1 aliphatic rings. The van der Waals surface area contributed by atoms with Crippen molar-refractivity contribution in [3.05, 3.63) is 77.3 Å². The Morgan fingerprint density at radius 2 is 2.00 bits per heavy atom. The van der Waals surface area contributed by atoms with Crippen LogP contribution < -0.4 is 10.1 Å². The molecule has 2 aromatic heterocycles. The van der Waals surface area contributed by atoms with Gasteiger partial charge in [-0.15, -0.1) is 11.3 Å². The lowest BCUT2D eigenvalue weighted by Gasteiger charge is -2.22. The van der Waals surface area contributed by atoms with Gasteiger partial charge in [0.05, 0.1) is 0 Å². The lowest BCUT2D eigenvalue weighted by atomic mass is 10.2. The molecule has 3 aromatic rings. The number of hydrogen-bond donors (Lipinski definition) is 1. The number of carbonyl (C=O) groups is 1. The van der Waals surface area contributed by atoms with E-state index in [1.54, 1.807) is 35.8 Å². The standard InChI is InChI=1S/C22H23N3O4S2/c26-22(19-8-4-12-25(19)31(27,28)21-9-5-13-30-21)24-15-18-10-11-23-20(14-18)29-16-17-6-2-1-3-7-17/h1-3,5-7,9-11,13-14,19H,4,8,12,15-16H2,(H,24,26). The number of pyridine rings is 1. The maximum atomic E-state index is 12.8. The lowest BCUT2D eigenvalue weighted by Crippen LogP contribution is -2.45. The van der Waals surface area contributed by atoms with Crippen LogP contribution in [0.4, 0.5) is 0 Å². The molecule has 3 heterocycles. The van der Waals surface area contributed by atoms with Crippen LogP contribution in [0.2, 0.25) is 0 Å². The second kappa shape index (κ2) is 9.59. The highest BCUT2D eigenvalue weighted by molar-refractivity contribution is 7.91. The second-order valence-corrected chi connectivity index (χ2v) is 10.3. The van der Waals surface area contributed by atoms with Gasteiger partial charge in [-0.25, -0.2) is 13.4 Å². The van der Waals surface area contributed by atoms with E-state index in [4.69, 9.17) is 4.74 Å². The van der Waals surface area contributed by atoms with Crippen LogP contribution in [0, 0.1) is 0 Å². The van der Waals surface area contributed by atoms with Crippen molar-refractivity contribution in [1.82, 2.24) is 14.6 Å². The number of amides is 1. The topological polar surface area (TPSA) is 88.6 Å². The molecule has 1 aromatic carbocycles. The molecule has 1 saturated heterocycles. The molecular formula is C22H23N3O4S2. The molecule has 1 N–H and O–H groups in total. The van der Waals surface area contributed by atoms with Crippen molar-refractivity contribution in [2.24, 2.45) is 0 Å². The van der Waals surface area contributed by atoms with E-state index in [1.807, 2.05) is 30.3 Å². The number of ether oxygens (including phenoxy) is 1. The van der Waals surface area contributed by atoms with Crippen molar-refractivity contribution in [2.75, 3.05) is 6.54 Å². The Bertz CT molecular complexity index is 1120. The van der Waals surface area contributed by atoms with Gasteiger partial charge in [-0.1, -0.05) is 36.4 Å². The molecule has 0 aliphatic carbocycles. The SMILES string of the molecule is O=C(NCc1ccnc(OCc2ccccc2)c1)C1CCCN1S(=O)(=O)c1cccs1. The lowest BCUT2D eigenvalue weighted by molar-refractivity contribution is -0.124. The molecule has 162 valence electrons. The van der Waals surface area contributed by atoms with E-state index in [0.717, 1.165) is 22.5 Å². The minimum absolute atomic E-state index is 0.265. The highest BCUT2D eigenvalue weighted by Crippen LogP contribution is 2.28. The number of aromatic nitrogens is 1. The zero-order valence-corrected chi connectivity index (χ0v) is 18.4. The van der Waals surface area contributed by atoms with Crippen LogP contribution >= 0.6 is 11.3 Å². The molecule has 31 heavy (non-hydrogen) atoms. The summed E-state index contributed by atoms with van der Waals surface area (Å²) in [7, 11) is -3.65. The molecule has 1 atom stereocenters. The summed E-state index contributed by atoms with van der Waals surface area (Å²) in [5.74, 6) is 0.180. The molecule has 1 aliphatic heterocycles. The van der Waals surface area contributed by atoms with E-state index in [1.165, 1.54) is 4.31 Å². The van der Waals surface area contributed by atoms with Gasteiger partial charge in [0, 0.05) is 25.4 Å². The van der Waals surface area contributed by atoms with Crippen LogP contribution in [0.25, 0.3) is 0 Å². The molecule has 7 nitrogen and oxygen atoms in total. The largest absolute Gasteiger partial charge is 0.473 e. The summed E-state index contributed by atoms with van der Waals surface area (Å²) in [6.45, 7) is 1.03. The van der Waals surface area contributed by atoms with Crippen molar-refractivity contribution in [2.45, 2.75) is 36.2 Å². The summed E-state index contributed by atoms with van der Waals surface area (Å²) in [4.78, 5) is 17.0. The third kappa shape index (κ3) is 5.12. The van der Waals surface area contributed by atoms with E-state index >= 15 is 0 Å². The highest BCUT2D eigenvalue weighted by Gasteiger charge is 2.39. The fourth-order valence-corrected chi connectivity index (χ4v) is 6.27. The summed E-state index contributed by atoms with van der Waals surface area (Å²) < 4.78 is 33.0. The third-order valence-electron chi connectivity index (χ3n) is 5.06. The number of benzene rings is 1. The first-order chi connectivity index (χ1) is 15.0. The highest BCUT2D eigenvalue weighted by atomic mass is 32.2. The Kier molecular flexibility index (Phi) is 6.64. The molecule has 1 fully saturated rings. The second-order valence-electron chi connectivity index (χ2n) is 7.20. The zero-order valence-electron chi connectivity index (χ0n) is 16.8. The van der Waals surface area contributed by atoms with Gasteiger partial charge in [0.2, 0.25) is 11.8 Å². The molecule has 0 radical (unpaired) electrons. The molecular weight excluding hydrogens is 434 g/mol. The first-order valence-corrected chi connectivity index (χ1v) is 12.3. The van der Waals surface area contributed by atoms with E-state index < -0.39 is 16.1 Å². The zero-order chi connectivity index (χ0) is 21.7. The van der Waals surface area contributed by atoms with E-state index in [-0.39, 0.29) is 16.7 Å². The van der Waals surface area contributed by atoms with Crippen LogP contribution in [0.3, 0.4) is 0 Å². The molecule has 1 unspecified atom stereocenters. The number of carbonyl (C=O) groups excluding carboxylic acids is 1. The summed E-state index contributed by atoms with van der Waals surface area (Å²) >= 11 is 1.16. The van der Waals surface area contributed by atoms with Crippen LogP contribution in [0.1, 0.15) is 24.0 Å². The van der Waals surface area contributed by atoms with Gasteiger partial charge in [-0.05, 0) is 41.5 Å². The molecule has 1 amide bonds. The van der Waals surface area contributed by atoms with Gasteiger partial charge in [0.1, 0.15) is 16.9 Å². The minimum atomic E-state index is -3.65. The molecule has 0 bridgehead atoms. The van der Waals surface area contributed by atoms with E-state index in [2.05, 4.69) is 10.3 Å². The Labute approximate surface area is 185 Å². The maximum absolute atomic E-state index is 12.8. The predicted molar refractivity (Wildman–Crippen MR) is 118 cm³/mol. The smallest absolute Gasteiger partial charge is 0.253 e. The van der Waals surface area contributed by atoms with Crippen molar-refractivity contribution >= 4 is 27.3 Å². The van der Waals surface area contributed by atoms with E-state index in [0.29, 0.717) is 31.9 Å². The van der Waals surface area contributed by atoms with Gasteiger partial charge >= 0.3 is 0 Å². The average Bonchev–Trinajstić information content (AvgIpc) is 3.50. The number of hydrogen-bond acceptors (Lipinski definition) is 6.